The molecule has 16 aromatic carbocycles. The second-order valence-corrected chi connectivity index (χ2v) is 30.5. The summed E-state index contributed by atoms with van der Waals surface area (Å²) in [6.45, 7) is 14.1. The molecule has 0 N–H and O–H groups in total. The summed E-state index contributed by atoms with van der Waals surface area (Å²) in [7, 11) is 0. The second-order valence-electron chi connectivity index (χ2n) is 29.5. The van der Waals surface area contributed by atoms with E-state index in [1.54, 1.807) is 0 Å². The van der Waals surface area contributed by atoms with Crippen molar-refractivity contribution in [3.8, 4) is 22.3 Å². The van der Waals surface area contributed by atoms with Gasteiger partial charge in [0.25, 0.3) is 6.71 Å². The summed E-state index contributed by atoms with van der Waals surface area (Å²) >= 11 is 1.94. The average molecular weight is 1270 g/mol. The van der Waals surface area contributed by atoms with E-state index in [4.69, 9.17) is 0 Å². The predicted octanol–water partition coefficient (Wildman–Crippen LogP) is 21.4. The Balaban J connectivity index is 0.940. The van der Waals surface area contributed by atoms with Crippen molar-refractivity contribution in [1.29, 1.82) is 0 Å². The molecule has 0 bridgehead atoms. The maximum atomic E-state index is 2.74. The molecule has 3 nitrogen and oxygen atoms in total. The first-order valence-corrected chi connectivity index (χ1v) is 35.4. The standard InChI is InChI=1S/C92H67B2N3S/c1-91(2,3)58-48-83-88-84(49-58)97(90-62(56-26-9-7-10-27-56)38-25-39-63(90)57-28-11-8-12-29-57)82-55-81-78(54-79(82)93(88)76-40-21-23-42-80(76)95(83)60-44-46-72-68-34-15-13-30-64(68)66-32-17-19-36-70(66)74(72)52-60)94-77-41-22-24-43-86(77)98-87-51-59(92(4,5)6)50-85(89(87)94)96(81)61-45-47-73-69-35-16-14-31-65(69)67-33-18-20-37-71(67)75(73)53-61/h7-55H,1-6H3. The quantitative estimate of drug-likeness (QED) is 0.125. The van der Waals surface area contributed by atoms with Crippen LogP contribution >= 0.6 is 11.8 Å². The fourth-order valence-electron chi connectivity index (χ4n) is 17.4. The molecule has 462 valence electrons. The zero-order chi connectivity index (χ0) is 65.4. The molecule has 0 aliphatic carbocycles. The molecule has 0 radical (unpaired) electrons. The van der Waals surface area contributed by atoms with E-state index in [0.29, 0.717) is 0 Å². The van der Waals surface area contributed by atoms with Crippen LogP contribution in [-0.2, 0) is 10.8 Å². The van der Waals surface area contributed by atoms with Crippen LogP contribution in [-0.4, -0.2) is 13.4 Å². The number of hydrogen-bond acceptors (Lipinski definition) is 4. The summed E-state index contributed by atoms with van der Waals surface area (Å²) in [4.78, 5) is 10.7. The Kier molecular flexibility index (Phi) is 12.4. The van der Waals surface area contributed by atoms with Gasteiger partial charge in [-0.1, -0.05) is 289 Å². The lowest BCUT2D eigenvalue weighted by Gasteiger charge is -2.47. The monoisotopic (exact) mass is 1270 g/mol. The summed E-state index contributed by atoms with van der Waals surface area (Å²) in [5.74, 6) is 0. The van der Waals surface area contributed by atoms with Crippen molar-refractivity contribution >= 4 is 174 Å². The molecular formula is C92H67B2N3S. The molecule has 0 saturated carbocycles. The van der Waals surface area contributed by atoms with Gasteiger partial charge < -0.3 is 14.7 Å². The van der Waals surface area contributed by atoms with Gasteiger partial charge >= 0.3 is 0 Å². The molecule has 98 heavy (non-hydrogen) atoms. The number of nitrogens with zero attached hydrogens (tertiary/aromatic N) is 3. The molecule has 20 rings (SSSR count). The van der Waals surface area contributed by atoms with Crippen molar-refractivity contribution in [2.75, 3.05) is 14.7 Å². The van der Waals surface area contributed by atoms with Gasteiger partial charge in [-0.3, -0.25) is 0 Å². The number of hydrogen-bond donors (Lipinski definition) is 0. The fourth-order valence-corrected chi connectivity index (χ4v) is 18.6. The lowest BCUT2D eigenvalue weighted by Crippen LogP contribution is -2.64. The lowest BCUT2D eigenvalue weighted by atomic mass is 9.30. The van der Waals surface area contributed by atoms with Gasteiger partial charge in [0.15, 0.2) is 0 Å². The number of benzene rings is 16. The van der Waals surface area contributed by atoms with Gasteiger partial charge in [-0.15, -0.1) is 0 Å². The van der Waals surface area contributed by atoms with Gasteiger partial charge in [0.05, 0.1) is 5.69 Å². The van der Waals surface area contributed by atoms with Crippen LogP contribution in [0.3, 0.4) is 0 Å². The number of para-hydroxylation sites is 2. The second kappa shape index (κ2) is 21.2. The first-order chi connectivity index (χ1) is 47.9. The maximum Gasteiger partial charge on any atom is 0.252 e. The molecule has 0 atom stereocenters. The van der Waals surface area contributed by atoms with Gasteiger partial charge in [0.2, 0.25) is 6.71 Å². The Morgan fingerprint density at radius 3 is 1.15 bits per heavy atom. The Bertz CT molecular complexity index is 5980. The van der Waals surface area contributed by atoms with E-state index in [1.807, 2.05) is 11.8 Å². The van der Waals surface area contributed by atoms with Crippen LogP contribution in [0.1, 0.15) is 52.7 Å². The molecule has 0 aromatic heterocycles. The van der Waals surface area contributed by atoms with Crippen LogP contribution in [0, 0.1) is 0 Å². The van der Waals surface area contributed by atoms with Gasteiger partial charge in [0, 0.05) is 66.4 Å². The number of rotatable bonds is 5. The third-order valence-electron chi connectivity index (χ3n) is 21.9. The summed E-state index contributed by atoms with van der Waals surface area (Å²) in [5.41, 5.74) is 25.3. The van der Waals surface area contributed by atoms with Crippen molar-refractivity contribution in [2.24, 2.45) is 0 Å². The minimum atomic E-state index is -0.258. The van der Waals surface area contributed by atoms with Crippen molar-refractivity contribution in [3.63, 3.8) is 0 Å². The first-order valence-electron chi connectivity index (χ1n) is 34.6. The van der Waals surface area contributed by atoms with Gasteiger partial charge in [-0.2, -0.15) is 0 Å². The summed E-state index contributed by atoms with van der Waals surface area (Å²) < 4.78 is 0. The van der Waals surface area contributed by atoms with Crippen molar-refractivity contribution in [1.82, 2.24) is 0 Å². The van der Waals surface area contributed by atoms with E-state index in [9.17, 15) is 0 Å². The van der Waals surface area contributed by atoms with E-state index in [-0.39, 0.29) is 24.3 Å². The van der Waals surface area contributed by atoms with Crippen LogP contribution in [0.15, 0.2) is 307 Å². The highest BCUT2D eigenvalue weighted by Gasteiger charge is 2.49. The Morgan fingerprint density at radius 2 is 0.643 bits per heavy atom. The average Bonchev–Trinajstić information content (AvgIpc) is 0.684. The summed E-state index contributed by atoms with van der Waals surface area (Å²) in [5, 5.41) is 15.2. The van der Waals surface area contributed by atoms with Crippen molar-refractivity contribution in [2.45, 2.75) is 62.2 Å². The molecule has 0 amide bonds. The highest BCUT2D eigenvalue weighted by atomic mass is 32.2. The van der Waals surface area contributed by atoms with Crippen LogP contribution in [0.25, 0.3) is 86.9 Å². The molecule has 6 heteroatoms. The van der Waals surface area contributed by atoms with E-state index in [0.717, 1.165) is 28.2 Å². The first kappa shape index (κ1) is 57.2. The molecule has 0 fully saturated rings. The topological polar surface area (TPSA) is 9.72 Å². The third kappa shape index (κ3) is 8.40. The molecule has 4 aliphatic heterocycles. The van der Waals surface area contributed by atoms with Crippen LogP contribution in [0.5, 0.6) is 0 Å². The zero-order valence-electron chi connectivity index (χ0n) is 55.7. The highest BCUT2D eigenvalue weighted by molar-refractivity contribution is 8.00. The smallest absolute Gasteiger partial charge is 0.252 e. The SMILES string of the molecule is CC(C)(C)c1cc2c3c(c1)N(c1ccc4c5ccccc5c5ccccc5c4c1)c1cc4c(cc1B3c1ccccc1S2)B1c2ccccc2N(c2ccc3c5ccccc5c5ccccc5c3c2)c2cc(C(C)(C)C)cc(c21)N4c1c(-c2ccccc2)cccc1-c1ccccc1. The third-order valence-corrected chi connectivity index (χ3v) is 23.1. The van der Waals surface area contributed by atoms with E-state index >= 15 is 0 Å². The van der Waals surface area contributed by atoms with Gasteiger partial charge in [-0.25, -0.2) is 0 Å². The molecule has 0 spiro atoms. The van der Waals surface area contributed by atoms with Crippen molar-refractivity contribution in [3.05, 3.63) is 308 Å². The molecule has 0 saturated heterocycles. The highest BCUT2D eigenvalue weighted by Crippen LogP contribution is 2.54. The molecule has 4 aliphatic rings. The molecule has 16 aromatic rings. The Morgan fingerprint density at radius 1 is 0.255 bits per heavy atom. The lowest BCUT2D eigenvalue weighted by molar-refractivity contribution is 0.589. The van der Waals surface area contributed by atoms with Crippen LogP contribution < -0.4 is 47.5 Å². The van der Waals surface area contributed by atoms with Crippen molar-refractivity contribution < 1.29 is 0 Å². The minimum absolute atomic E-state index is 0.0684. The van der Waals surface area contributed by atoms with Gasteiger partial charge in [-0.05, 0) is 192 Å². The Hall–Kier alpha value is -11.0. The zero-order valence-corrected chi connectivity index (χ0v) is 56.5. The normalized spacial score (nSPS) is 13.7. The van der Waals surface area contributed by atoms with Crippen LogP contribution in [0.2, 0.25) is 0 Å². The van der Waals surface area contributed by atoms with Gasteiger partial charge in [0.1, 0.15) is 0 Å². The Labute approximate surface area is 577 Å². The van der Waals surface area contributed by atoms with E-state index in [2.05, 4.69) is 353 Å². The summed E-state index contributed by atoms with van der Waals surface area (Å²) in [6.07, 6.45) is 0. The molecular weight excluding hydrogens is 1200 g/mol. The minimum Gasteiger partial charge on any atom is -0.311 e. The number of fused-ring (bicyclic) bond motifs is 20. The van der Waals surface area contributed by atoms with Crippen LogP contribution in [0.4, 0.5) is 51.2 Å². The summed E-state index contributed by atoms with van der Waals surface area (Å²) in [6, 6.07) is 114. The maximum absolute atomic E-state index is 2.74. The largest absolute Gasteiger partial charge is 0.311 e. The molecule has 0 unspecified atom stereocenters. The predicted molar refractivity (Wildman–Crippen MR) is 424 cm³/mol. The fraction of sp³-hybridized carbons (Fsp3) is 0.0870. The van der Waals surface area contributed by atoms with E-state index in [1.165, 1.54) is 164 Å². The molecule has 4 heterocycles. The number of anilines is 9. The van der Waals surface area contributed by atoms with E-state index < -0.39 is 0 Å².